The number of hydrogen-bond donors (Lipinski definition) is 0. The van der Waals surface area contributed by atoms with E-state index in [1.54, 1.807) is 12.5 Å². The Morgan fingerprint density at radius 3 is 2.57 bits per heavy atom. The van der Waals surface area contributed by atoms with Gasteiger partial charge in [-0.25, -0.2) is 4.98 Å². The van der Waals surface area contributed by atoms with Crippen LogP contribution in [-0.2, 0) is 11.3 Å². The molecule has 0 aliphatic heterocycles. The average Bonchev–Trinajstić information content (AvgIpc) is 3.06. The second kappa shape index (κ2) is 7.07. The number of carbonyl (C=O) groups excluding carboxylic acids is 1. The number of amides is 1. The van der Waals surface area contributed by atoms with Gasteiger partial charge in [-0.3, -0.25) is 4.79 Å². The molecule has 0 aliphatic rings. The third kappa shape index (κ3) is 3.72. The van der Waals surface area contributed by atoms with E-state index in [1.165, 1.54) is 0 Å². The third-order valence-corrected chi connectivity index (χ3v) is 3.93. The number of rotatable bonds is 6. The summed E-state index contributed by atoms with van der Waals surface area (Å²) in [5.74, 6) is 0.131. The Hall–Kier alpha value is -2.10. The van der Waals surface area contributed by atoms with E-state index in [0.717, 1.165) is 12.0 Å². The zero-order valence-corrected chi connectivity index (χ0v) is 12.9. The lowest BCUT2D eigenvalue weighted by atomic mass is 10.1. The Kier molecular flexibility index (Phi) is 5.14. The second-order valence-corrected chi connectivity index (χ2v) is 5.39. The first-order valence-electron chi connectivity index (χ1n) is 7.45. The molecule has 0 radical (unpaired) electrons. The summed E-state index contributed by atoms with van der Waals surface area (Å²) in [5, 5.41) is 0. The molecule has 4 nitrogen and oxygen atoms in total. The highest BCUT2D eigenvalue weighted by atomic mass is 16.2. The lowest BCUT2D eigenvalue weighted by Crippen LogP contribution is -2.41. The van der Waals surface area contributed by atoms with Gasteiger partial charge >= 0.3 is 0 Å². The van der Waals surface area contributed by atoms with Crippen molar-refractivity contribution in [2.45, 2.75) is 45.8 Å². The van der Waals surface area contributed by atoms with Crippen LogP contribution in [-0.4, -0.2) is 26.4 Å². The molecule has 1 amide bonds. The van der Waals surface area contributed by atoms with Gasteiger partial charge in [0.2, 0.25) is 5.91 Å². The van der Waals surface area contributed by atoms with Crippen molar-refractivity contribution >= 4 is 5.91 Å². The molecule has 0 fully saturated rings. The van der Waals surface area contributed by atoms with Gasteiger partial charge in [0, 0.05) is 25.0 Å². The number of imidazole rings is 1. The van der Waals surface area contributed by atoms with Crippen molar-refractivity contribution < 1.29 is 4.79 Å². The van der Waals surface area contributed by atoms with Crippen LogP contribution in [0.5, 0.6) is 0 Å². The summed E-state index contributed by atoms with van der Waals surface area (Å²) in [6.07, 6.45) is 6.17. The normalized spacial score (nSPS) is 13.7. The molecule has 0 spiro atoms. The van der Waals surface area contributed by atoms with E-state index in [0.29, 0.717) is 6.54 Å². The second-order valence-electron chi connectivity index (χ2n) is 5.39. The zero-order chi connectivity index (χ0) is 15.2. The summed E-state index contributed by atoms with van der Waals surface area (Å²) in [5.41, 5.74) is 1.16. The summed E-state index contributed by atoms with van der Waals surface area (Å²) in [4.78, 5) is 18.8. The molecule has 0 saturated carbocycles. The standard InChI is InChI=1S/C17H23N3O/c1-4-14(2)20(12-16-8-6-5-7-9-16)17(21)15(3)19-11-10-18-13-19/h5-11,13-15H,4,12H2,1-3H3/t14-,15+/m1/s1. The SMILES string of the molecule is CC[C@@H](C)N(Cc1ccccc1)C(=O)[C@H](C)n1ccnc1. The molecule has 2 aromatic rings. The van der Waals surface area contributed by atoms with Gasteiger partial charge < -0.3 is 9.47 Å². The van der Waals surface area contributed by atoms with Crippen LogP contribution < -0.4 is 0 Å². The predicted molar refractivity (Wildman–Crippen MR) is 83.7 cm³/mol. The van der Waals surface area contributed by atoms with Crippen LogP contribution in [0.4, 0.5) is 0 Å². The van der Waals surface area contributed by atoms with Gasteiger partial charge in [0.25, 0.3) is 0 Å². The van der Waals surface area contributed by atoms with E-state index < -0.39 is 0 Å². The fourth-order valence-corrected chi connectivity index (χ4v) is 2.32. The van der Waals surface area contributed by atoms with Crippen molar-refractivity contribution in [2.24, 2.45) is 0 Å². The molecule has 1 aromatic carbocycles. The molecular formula is C17H23N3O. The fraction of sp³-hybridized carbons (Fsp3) is 0.412. The molecule has 1 aromatic heterocycles. The minimum Gasteiger partial charge on any atom is -0.334 e. The summed E-state index contributed by atoms with van der Waals surface area (Å²) in [6.45, 7) is 6.78. The van der Waals surface area contributed by atoms with Crippen LogP contribution in [0.15, 0.2) is 49.1 Å². The van der Waals surface area contributed by atoms with Crippen molar-refractivity contribution in [3.63, 3.8) is 0 Å². The van der Waals surface area contributed by atoms with Gasteiger partial charge in [0.1, 0.15) is 6.04 Å². The van der Waals surface area contributed by atoms with Crippen molar-refractivity contribution in [1.29, 1.82) is 0 Å². The maximum atomic E-state index is 12.8. The molecule has 0 N–H and O–H groups in total. The minimum absolute atomic E-state index is 0.131. The highest BCUT2D eigenvalue weighted by Gasteiger charge is 2.25. The van der Waals surface area contributed by atoms with Gasteiger partial charge in [-0.15, -0.1) is 0 Å². The Morgan fingerprint density at radius 1 is 1.29 bits per heavy atom. The Balaban J connectivity index is 2.17. The molecule has 4 heteroatoms. The summed E-state index contributed by atoms with van der Waals surface area (Å²) in [7, 11) is 0. The van der Waals surface area contributed by atoms with Crippen molar-refractivity contribution in [2.75, 3.05) is 0 Å². The van der Waals surface area contributed by atoms with Crippen LogP contribution >= 0.6 is 0 Å². The molecule has 0 saturated heterocycles. The number of nitrogens with zero attached hydrogens (tertiary/aromatic N) is 3. The lowest BCUT2D eigenvalue weighted by molar-refractivity contribution is -0.137. The molecule has 112 valence electrons. The molecule has 0 aliphatic carbocycles. The van der Waals surface area contributed by atoms with E-state index in [4.69, 9.17) is 0 Å². The number of benzene rings is 1. The van der Waals surface area contributed by atoms with Crippen LogP contribution in [0.25, 0.3) is 0 Å². The van der Waals surface area contributed by atoms with Gasteiger partial charge in [-0.05, 0) is 25.8 Å². The van der Waals surface area contributed by atoms with Gasteiger partial charge in [-0.1, -0.05) is 37.3 Å². The minimum atomic E-state index is -0.231. The van der Waals surface area contributed by atoms with E-state index >= 15 is 0 Å². The molecule has 2 atom stereocenters. The van der Waals surface area contributed by atoms with E-state index in [9.17, 15) is 4.79 Å². The van der Waals surface area contributed by atoms with Gasteiger partial charge in [-0.2, -0.15) is 0 Å². The van der Waals surface area contributed by atoms with Crippen LogP contribution in [0.3, 0.4) is 0 Å². The van der Waals surface area contributed by atoms with Gasteiger partial charge in [0.05, 0.1) is 6.33 Å². The first kappa shape index (κ1) is 15.3. The van der Waals surface area contributed by atoms with E-state index in [-0.39, 0.29) is 18.0 Å². The molecule has 21 heavy (non-hydrogen) atoms. The molecule has 0 bridgehead atoms. The van der Waals surface area contributed by atoms with Crippen LogP contribution in [0.1, 0.15) is 38.8 Å². The Labute approximate surface area is 126 Å². The van der Waals surface area contributed by atoms with Gasteiger partial charge in [0.15, 0.2) is 0 Å². The topological polar surface area (TPSA) is 38.1 Å². The number of aromatic nitrogens is 2. The summed E-state index contributed by atoms with van der Waals surface area (Å²) < 4.78 is 1.85. The quantitative estimate of drug-likeness (QED) is 0.817. The van der Waals surface area contributed by atoms with Crippen molar-refractivity contribution in [3.05, 3.63) is 54.6 Å². The molecular weight excluding hydrogens is 262 g/mol. The fourth-order valence-electron chi connectivity index (χ4n) is 2.32. The van der Waals surface area contributed by atoms with E-state index in [2.05, 4.69) is 31.0 Å². The zero-order valence-electron chi connectivity index (χ0n) is 12.9. The van der Waals surface area contributed by atoms with Crippen molar-refractivity contribution in [3.8, 4) is 0 Å². The molecule has 2 rings (SSSR count). The average molecular weight is 285 g/mol. The Bertz CT molecular complexity index is 551. The maximum absolute atomic E-state index is 12.8. The molecule has 1 heterocycles. The smallest absolute Gasteiger partial charge is 0.245 e. The first-order chi connectivity index (χ1) is 10.1. The first-order valence-corrected chi connectivity index (χ1v) is 7.45. The molecule has 0 unspecified atom stereocenters. The number of hydrogen-bond acceptors (Lipinski definition) is 2. The summed E-state index contributed by atoms with van der Waals surface area (Å²) in [6, 6.07) is 10.1. The largest absolute Gasteiger partial charge is 0.334 e. The predicted octanol–water partition coefficient (Wildman–Crippen LogP) is 3.27. The number of carbonyl (C=O) groups is 1. The van der Waals surface area contributed by atoms with Crippen LogP contribution in [0, 0.1) is 0 Å². The highest BCUT2D eigenvalue weighted by Crippen LogP contribution is 2.17. The monoisotopic (exact) mass is 285 g/mol. The summed E-state index contributed by atoms with van der Waals surface area (Å²) >= 11 is 0. The maximum Gasteiger partial charge on any atom is 0.245 e. The van der Waals surface area contributed by atoms with Crippen LogP contribution in [0.2, 0.25) is 0 Å². The highest BCUT2D eigenvalue weighted by molar-refractivity contribution is 5.80. The Morgan fingerprint density at radius 2 is 2.00 bits per heavy atom. The lowest BCUT2D eigenvalue weighted by Gasteiger charge is -2.31. The van der Waals surface area contributed by atoms with Crippen molar-refractivity contribution in [1.82, 2.24) is 14.5 Å². The van der Waals surface area contributed by atoms with E-state index in [1.807, 2.05) is 40.8 Å². The third-order valence-electron chi connectivity index (χ3n) is 3.93.